The fourth-order valence-electron chi connectivity index (χ4n) is 1.51. The number of hydrogen-bond acceptors (Lipinski definition) is 3. The quantitative estimate of drug-likeness (QED) is 0.689. The van der Waals surface area contributed by atoms with Crippen LogP contribution in [0.2, 0.25) is 0 Å². The second-order valence-corrected chi connectivity index (χ2v) is 3.78. The second kappa shape index (κ2) is 4.57. The minimum Gasteiger partial charge on any atom is -0.376 e. The molecule has 0 radical (unpaired) electrons. The Morgan fingerprint density at radius 1 is 1.64 bits per heavy atom. The normalized spacial score (nSPS) is 16.9. The van der Waals surface area contributed by atoms with E-state index in [-0.39, 0.29) is 0 Å². The third-order valence-corrected chi connectivity index (χ3v) is 2.47. The summed E-state index contributed by atoms with van der Waals surface area (Å²) in [5.74, 6) is 0. The first kappa shape index (κ1) is 9.68. The van der Waals surface area contributed by atoms with Crippen LogP contribution in [-0.2, 0) is 18.2 Å². The van der Waals surface area contributed by atoms with Gasteiger partial charge in [0.1, 0.15) is 0 Å². The van der Waals surface area contributed by atoms with E-state index in [9.17, 15) is 0 Å². The molecule has 1 N–H and O–H groups in total. The van der Waals surface area contributed by atoms with E-state index in [0.717, 1.165) is 32.5 Å². The van der Waals surface area contributed by atoms with E-state index in [0.29, 0.717) is 6.10 Å². The number of nitrogens with zero attached hydrogens (tertiary/aromatic N) is 2. The minimum atomic E-state index is 0.462. The maximum absolute atomic E-state index is 5.62. The minimum absolute atomic E-state index is 0.462. The van der Waals surface area contributed by atoms with Crippen molar-refractivity contribution in [3.8, 4) is 0 Å². The number of nitrogens with one attached hydrogen (secondary N) is 1. The lowest BCUT2D eigenvalue weighted by atomic mass is 10.2. The lowest BCUT2D eigenvalue weighted by Crippen LogP contribution is -2.48. The first-order valence-electron chi connectivity index (χ1n) is 5.14. The number of aryl methyl sites for hydroxylation is 2. The third-order valence-electron chi connectivity index (χ3n) is 2.47. The predicted molar refractivity (Wildman–Crippen MR) is 54.1 cm³/mol. The van der Waals surface area contributed by atoms with Crippen molar-refractivity contribution in [3.05, 3.63) is 18.0 Å². The van der Waals surface area contributed by atoms with Crippen molar-refractivity contribution in [3.63, 3.8) is 0 Å². The average molecular weight is 195 g/mol. The highest BCUT2D eigenvalue weighted by Crippen LogP contribution is 2.03. The summed E-state index contributed by atoms with van der Waals surface area (Å²) in [7, 11) is 1.94. The molecule has 2 rings (SSSR count). The summed E-state index contributed by atoms with van der Waals surface area (Å²) in [6, 6.07) is 0. The Morgan fingerprint density at radius 3 is 3.07 bits per heavy atom. The molecule has 4 heteroatoms. The van der Waals surface area contributed by atoms with Gasteiger partial charge in [-0.25, -0.2) is 0 Å². The number of hydrogen-bond donors (Lipinski definition) is 1. The van der Waals surface area contributed by atoms with Crippen LogP contribution in [0.4, 0.5) is 0 Å². The van der Waals surface area contributed by atoms with Gasteiger partial charge in [0.15, 0.2) is 0 Å². The van der Waals surface area contributed by atoms with Gasteiger partial charge in [-0.3, -0.25) is 4.68 Å². The summed E-state index contributed by atoms with van der Waals surface area (Å²) in [6.45, 7) is 2.90. The molecular formula is C10H17N3O. The zero-order valence-electron chi connectivity index (χ0n) is 8.57. The molecule has 78 valence electrons. The van der Waals surface area contributed by atoms with E-state index in [4.69, 9.17) is 4.74 Å². The average Bonchev–Trinajstić information content (AvgIpc) is 2.48. The maximum atomic E-state index is 5.62. The van der Waals surface area contributed by atoms with Gasteiger partial charge in [0.25, 0.3) is 0 Å². The summed E-state index contributed by atoms with van der Waals surface area (Å²) in [4.78, 5) is 0. The van der Waals surface area contributed by atoms with Crippen LogP contribution in [0.15, 0.2) is 12.4 Å². The molecule has 0 aliphatic carbocycles. The van der Waals surface area contributed by atoms with Crippen LogP contribution in [0.3, 0.4) is 0 Å². The lowest BCUT2D eigenvalue weighted by Gasteiger charge is -2.26. The predicted octanol–water partition coefficient (Wildman–Crippen LogP) is 0.341. The molecule has 0 aromatic carbocycles. The molecular weight excluding hydrogens is 178 g/mol. The highest BCUT2D eigenvalue weighted by atomic mass is 16.5. The van der Waals surface area contributed by atoms with Crippen LogP contribution < -0.4 is 5.32 Å². The molecule has 2 heterocycles. The topological polar surface area (TPSA) is 39.1 Å². The highest BCUT2D eigenvalue weighted by Gasteiger charge is 2.16. The molecule has 0 atom stereocenters. The smallest absolute Gasteiger partial charge is 0.0823 e. The van der Waals surface area contributed by atoms with Crippen molar-refractivity contribution >= 4 is 0 Å². The van der Waals surface area contributed by atoms with Crippen molar-refractivity contribution in [2.24, 2.45) is 7.05 Å². The van der Waals surface area contributed by atoms with Crippen LogP contribution in [0.5, 0.6) is 0 Å². The van der Waals surface area contributed by atoms with Crippen LogP contribution in [-0.4, -0.2) is 35.6 Å². The molecule has 0 bridgehead atoms. The molecule has 1 aromatic rings. The SMILES string of the molecule is Cn1cc(CCCOC2CNC2)cn1. The van der Waals surface area contributed by atoms with Crippen molar-refractivity contribution in [1.82, 2.24) is 15.1 Å². The van der Waals surface area contributed by atoms with E-state index in [1.807, 2.05) is 17.9 Å². The highest BCUT2D eigenvalue weighted by molar-refractivity contribution is 5.03. The van der Waals surface area contributed by atoms with Crippen molar-refractivity contribution in [1.29, 1.82) is 0 Å². The zero-order valence-corrected chi connectivity index (χ0v) is 8.57. The van der Waals surface area contributed by atoms with Crippen LogP contribution >= 0.6 is 0 Å². The molecule has 0 amide bonds. The Bertz CT molecular complexity index is 281. The Labute approximate surface area is 84.3 Å². The summed E-state index contributed by atoms with van der Waals surface area (Å²) in [5.41, 5.74) is 1.29. The standard InChI is InChI=1S/C10H17N3O/c1-13-8-9(5-12-13)3-2-4-14-10-6-11-7-10/h5,8,10-11H,2-4,6-7H2,1H3. The summed E-state index contributed by atoms with van der Waals surface area (Å²) >= 11 is 0. The van der Waals surface area contributed by atoms with Gasteiger partial charge in [0.05, 0.1) is 12.3 Å². The van der Waals surface area contributed by atoms with Gasteiger partial charge in [0, 0.05) is 32.9 Å². The molecule has 0 saturated carbocycles. The van der Waals surface area contributed by atoms with Gasteiger partial charge in [-0.05, 0) is 18.4 Å². The van der Waals surface area contributed by atoms with E-state index in [1.165, 1.54) is 5.56 Å². The van der Waals surface area contributed by atoms with Crippen LogP contribution in [0.1, 0.15) is 12.0 Å². The van der Waals surface area contributed by atoms with Crippen LogP contribution in [0, 0.1) is 0 Å². The first-order chi connectivity index (χ1) is 6.84. The summed E-state index contributed by atoms with van der Waals surface area (Å²) in [5, 5.41) is 7.31. The largest absolute Gasteiger partial charge is 0.376 e. The Hall–Kier alpha value is -0.870. The van der Waals surface area contributed by atoms with Crippen molar-refractivity contribution < 1.29 is 4.74 Å². The zero-order chi connectivity index (χ0) is 9.80. The molecule has 0 unspecified atom stereocenters. The number of ether oxygens (including phenoxy) is 1. The van der Waals surface area contributed by atoms with Gasteiger partial charge in [-0.2, -0.15) is 5.10 Å². The molecule has 4 nitrogen and oxygen atoms in total. The monoisotopic (exact) mass is 195 g/mol. The van der Waals surface area contributed by atoms with Gasteiger partial charge in [-0.1, -0.05) is 0 Å². The summed E-state index contributed by atoms with van der Waals surface area (Å²) < 4.78 is 7.46. The first-order valence-corrected chi connectivity index (χ1v) is 5.14. The second-order valence-electron chi connectivity index (χ2n) is 3.78. The van der Waals surface area contributed by atoms with Crippen molar-refractivity contribution in [2.75, 3.05) is 19.7 Å². The van der Waals surface area contributed by atoms with Gasteiger partial charge in [-0.15, -0.1) is 0 Å². The molecule has 0 spiro atoms. The number of rotatable bonds is 5. The van der Waals surface area contributed by atoms with E-state index in [2.05, 4.69) is 16.6 Å². The summed E-state index contributed by atoms with van der Waals surface area (Å²) in [6.07, 6.45) is 6.59. The third kappa shape index (κ3) is 2.56. The molecule has 1 saturated heterocycles. The molecule has 1 fully saturated rings. The lowest BCUT2D eigenvalue weighted by molar-refractivity contribution is 0.0179. The maximum Gasteiger partial charge on any atom is 0.0823 e. The Morgan fingerprint density at radius 2 is 2.50 bits per heavy atom. The van der Waals surface area contributed by atoms with E-state index in [1.54, 1.807) is 0 Å². The molecule has 1 aromatic heterocycles. The Kier molecular flexibility index (Phi) is 3.16. The van der Waals surface area contributed by atoms with E-state index >= 15 is 0 Å². The molecule has 14 heavy (non-hydrogen) atoms. The van der Waals surface area contributed by atoms with Gasteiger partial charge in [0.2, 0.25) is 0 Å². The van der Waals surface area contributed by atoms with E-state index < -0.39 is 0 Å². The fourth-order valence-corrected chi connectivity index (χ4v) is 1.51. The van der Waals surface area contributed by atoms with Crippen molar-refractivity contribution in [2.45, 2.75) is 18.9 Å². The Balaban J connectivity index is 1.58. The number of aromatic nitrogens is 2. The van der Waals surface area contributed by atoms with Gasteiger partial charge < -0.3 is 10.1 Å². The molecule has 1 aliphatic heterocycles. The molecule has 1 aliphatic rings. The fraction of sp³-hybridized carbons (Fsp3) is 0.700. The van der Waals surface area contributed by atoms with Gasteiger partial charge >= 0.3 is 0 Å². The van der Waals surface area contributed by atoms with Crippen LogP contribution in [0.25, 0.3) is 0 Å².